The Labute approximate surface area is 245 Å². The van der Waals surface area contributed by atoms with Gasteiger partial charge in [-0.05, 0) is 60.2 Å². The number of fused-ring (bicyclic) bond motifs is 4. The van der Waals surface area contributed by atoms with Gasteiger partial charge in [-0.15, -0.1) is 0 Å². The van der Waals surface area contributed by atoms with Crippen LogP contribution >= 0.6 is 0 Å². The van der Waals surface area contributed by atoms with E-state index in [4.69, 9.17) is 0 Å². The zero-order valence-corrected chi connectivity index (χ0v) is 22.4. The van der Waals surface area contributed by atoms with E-state index >= 15 is 0 Å². The van der Waals surface area contributed by atoms with Gasteiger partial charge in [-0.25, -0.2) is 4.90 Å². The van der Waals surface area contributed by atoms with E-state index in [2.05, 4.69) is 0 Å². The molecule has 0 bridgehead atoms. The average molecular weight is 601 g/mol. The maximum atomic E-state index is 14.1. The molecule has 0 spiro atoms. The summed E-state index contributed by atoms with van der Waals surface area (Å²) in [4.78, 5) is 29.0. The second-order valence-corrected chi connectivity index (χ2v) is 10.3. The Morgan fingerprint density at radius 2 is 1.02 bits per heavy atom. The normalized spacial score (nSPS) is 13.7. The number of carbonyl (C=O) groups excluding carboxylic acids is 2. The minimum Gasteiger partial charge on any atom is -0.308 e. The summed E-state index contributed by atoms with van der Waals surface area (Å²) in [7, 11) is 0. The molecule has 6 aromatic rings. The van der Waals surface area contributed by atoms with Gasteiger partial charge in [0.2, 0.25) is 0 Å². The van der Waals surface area contributed by atoms with Crippen LogP contribution in [-0.4, -0.2) is 16.4 Å². The number of benzene rings is 5. The number of anilines is 1. The zero-order valence-electron chi connectivity index (χ0n) is 22.4. The van der Waals surface area contributed by atoms with E-state index in [1.54, 1.807) is 24.3 Å². The van der Waals surface area contributed by atoms with Crippen molar-refractivity contribution in [2.24, 2.45) is 0 Å². The van der Waals surface area contributed by atoms with Gasteiger partial charge in [-0.2, -0.15) is 26.3 Å². The van der Waals surface area contributed by atoms with Crippen molar-refractivity contribution < 1.29 is 35.9 Å². The van der Waals surface area contributed by atoms with E-state index in [0.717, 1.165) is 46.9 Å². The summed E-state index contributed by atoms with van der Waals surface area (Å²) in [6.45, 7) is 0. The van der Waals surface area contributed by atoms with Crippen LogP contribution in [0.3, 0.4) is 0 Å². The maximum Gasteiger partial charge on any atom is 0.416 e. The summed E-state index contributed by atoms with van der Waals surface area (Å²) in [6.07, 6.45) is -9.49. The lowest BCUT2D eigenvalue weighted by atomic mass is 10.0. The number of para-hydroxylation sites is 1. The zero-order chi connectivity index (χ0) is 31.0. The monoisotopic (exact) mass is 600 g/mol. The van der Waals surface area contributed by atoms with Crippen molar-refractivity contribution in [2.45, 2.75) is 12.4 Å². The molecule has 0 N–H and O–H groups in total. The average Bonchev–Trinajstić information content (AvgIpc) is 3.46. The van der Waals surface area contributed by atoms with Gasteiger partial charge in [0.25, 0.3) is 11.8 Å². The minimum atomic E-state index is -4.74. The van der Waals surface area contributed by atoms with Crippen molar-refractivity contribution in [1.29, 1.82) is 0 Å². The first kappa shape index (κ1) is 27.5. The fourth-order valence-corrected chi connectivity index (χ4v) is 5.84. The molecule has 10 heteroatoms. The molecule has 5 aromatic carbocycles. The highest BCUT2D eigenvalue weighted by atomic mass is 19.4. The molecule has 0 fully saturated rings. The molecule has 1 aromatic heterocycles. The standard InChI is InChI=1S/C34H18F6N2O2/c35-33(36,37)20-13-15-27-24(17-20)25-18-21(34(38,39)40)14-16-28(25)41(27)29-12-6-10-23-30(29)32(44)42(31(23)43)26-11-5-4-9-22(26)19-7-2-1-3-8-19/h1-18H. The topological polar surface area (TPSA) is 42.3 Å². The molecule has 1 aliphatic heterocycles. The molecule has 0 saturated carbocycles. The number of hydrogen-bond acceptors (Lipinski definition) is 2. The lowest BCUT2D eigenvalue weighted by molar-refractivity contribution is -0.138. The number of amides is 2. The number of carbonyl (C=O) groups is 2. The van der Waals surface area contributed by atoms with Gasteiger partial charge in [0, 0.05) is 16.3 Å². The molecule has 1 aliphatic rings. The minimum absolute atomic E-state index is 0.0149. The third kappa shape index (κ3) is 4.16. The largest absolute Gasteiger partial charge is 0.416 e. The van der Waals surface area contributed by atoms with Crippen LogP contribution < -0.4 is 4.90 Å². The molecule has 2 heterocycles. The Morgan fingerprint density at radius 1 is 0.500 bits per heavy atom. The highest BCUT2D eigenvalue weighted by Gasteiger charge is 2.41. The fraction of sp³-hybridized carbons (Fsp3) is 0.0588. The van der Waals surface area contributed by atoms with Gasteiger partial charge in [0.1, 0.15) is 0 Å². The first-order chi connectivity index (χ1) is 20.9. The molecule has 0 radical (unpaired) electrons. The number of imide groups is 1. The number of hydrogen-bond donors (Lipinski definition) is 0. The van der Waals surface area contributed by atoms with E-state index < -0.39 is 35.3 Å². The number of rotatable bonds is 3. The SMILES string of the molecule is O=C1c2cccc(-n3c4ccc(C(F)(F)F)cc4c4cc(C(F)(F)F)ccc43)c2C(=O)N1c1ccccc1-c1ccccc1. The molecule has 2 amide bonds. The Morgan fingerprint density at radius 3 is 1.61 bits per heavy atom. The Hall–Kier alpha value is -5.38. The molecule has 0 unspecified atom stereocenters. The smallest absolute Gasteiger partial charge is 0.308 e. The molecular weight excluding hydrogens is 582 g/mol. The van der Waals surface area contributed by atoms with Crippen LogP contribution in [0.5, 0.6) is 0 Å². The van der Waals surface area contributed by atoms with Gasteiger partial charge < -0.3 is 4.57 Å². The molecule has 218 valence electrons. The van der Waals surface area contributed by atoms with Crippen LogP contribution in [0.25, 0.3) is 38.6 Å². The van der Waals surface area contributed by atoms with Gasteiger partial charge in [0.15, 0.2) is 0 Å². The van der Waals surface area contributed by atoms with E-state index in [0.29, 0.717) is 11.3 Å². The Bertz CT molecular complexity index is 2070. The van der Waals surface area contributed by atoms with Crippen LogP contribution in [0.2, 0.25) is 0 Å². The van der Waals surface area contributed by atoms with E-state index in [1.165, 1.54) is 22.8 Å². The third-order valence-corrected chi connectivity index (χ3v) is 7.78. The van der Waals surface area contributed by atoms with Crippen molar-refractivity contribution in [1.82, 2.24) is 4.57 Å². The highest BCUT2D eigenvalue weighted by molar-refractivity contribution is 6.36. The third-order valence-electron chi connectivity index (χ3n) is 7.78. The summed E-state index contributed by atoms with van der Waals surface area (Å²) in [6, 6.07) is 26.1. The van der Waals surface area contributed by atoms with Crippen LogP contribution in [-0.2, 0) is 12.4 Å². The Kier molecular flexibility index (Phi) is 5.97. The van der Waals surface area contributed by atoms with Crippen molar-refractivity contribution >= 4 is 39.3 Å². The summed E-state index contributed by atoms with van der Waals surface area (Å²) < 4.78 is 83.5. The second-order valence-electron chi connectivity index (χ2n) is 10.3. The first-order valence-electron chi connectivity index (χ1n) is 13.3. The van der Waals surface area contributed by atoms with Crippen LogP contribution in [0.15, 0.2) is 109 Å². The summed E-state index contributed by atoms with van der Waals surface area (Å²) in [5, 5.41) is -0.164. The van der Waals surface area contributed by atoms with E-state index in [-0.39, 0.29) is 38.6 Å². The number of nitrogens with zero attached hydrogens (tertiary/aromatic N) is 2. The Balaban J connectivity index is 1.47. The molecular formula is C34H18F6N2O2. The molecule has 0 saturated heterocycles. The highest BCUT2D eigenvalue weighted by Crippen LogP contribution is 2.43. The molecule has 4 nitrogen and oxygen atoms in total. The van der Waals surface area contributed by atoms with E-state index in [9.17, 15) is 35.9 Å². The fourth-order valence-electron chi connectivity index (χ4n) is 5.84. The number of alkyl halides is 6. The molecule has 0 aliphatic carbocycles. The van der Waals surface area contributed by atoms with Gasteiger partial charge in [-0.1, -0.05) is 54.6 Å². The molecule has 0 atom stereocenters. The van der Waals surface area contributed by atoms with Crippen molar-refractivity contribution in [3.8, 4) is 16.8 Å². The van der Waals surface area contributed by atoms with Gasteiger partial charge in [-0.3, -0.25) is 9.59 Å². The van der Waals surface area contributed by atoms with Crippen molar-refractivity contribution in [3.63, 3.8) is 0 Å². The summed E-state index contributed by atoms with van der Waals surface area (Å²) >= 11 is 0. The summed E-state index contributed by atoms with van der Waals surface area (Å²) in [5.41, 5.74) is 0.145. The predicted octanol–water partition coefficient (Wildman–Crippen LogP) is 9.29. The van der Waals surface area contributed by atoms with Crippen molar-refractivity contribution in [2.75, 3.05) is 4.90 Å². The lowest BCUT2D eigenvalue weighted by Crippen LogP contribution is -2.30. The lowest BCUT2D eigenvalue weighted by Gasteiger charge is -2.18. The first-order valence-corrected chi connectivity index (χ1v) is 13.3. The van der Waals surface area contributed by atoms with Crippen LogP contribution in [0.1, 0.15) is 31.8 Å². The quantitative estimate of drug-likeness (QED) is 0.150. The second kappa shape index (κ2) is 9.57. The predicted molar refractivity (Wildman–Crippen MR) is 154 cm³/mol. The van der Waals surface area contributed by atoms with Crippen molar-refractivity contribution in [3.05, 3.63) is 131 Å². The number of aromatic nitrogens is 1. The molecule has 7 rings (SSSR count). The summed E-state index contributed by atoms with van der Waals surface area (Å²) in [5.74, 6) is -1.27. The van der Waals surface area contributed by atoms with E-state index in [1.807, 2.05) is 30.3 Å². The van der Waals surface area contributed by atoms with Crippen LogP contribution in [0, 0.1) is 0 Å². The molecule has 44 heavy (non-hydrogen) atoms. The van der Waals surface area contributed by atoms with Gasteiger partial charge in [0.05, 0.1) is 44.7 Å². The van der Waals surface area contributed by atoms with Gasteiger partial charge >= 0.3 is 12.4 Å². The van der Waals surface area contributed by atoms with Crippen LogP contribution in [0.4, 0.5) is 32.0 Å². The number of halogens is 6. The maximum absolute atomic E-state index is 14.1.